The van der Waals surface area contributed by atoms with Crippen molar-refractivity contribution in [2.75, 3.05) is 18.2 Å². The summed E-state index contributed by atoms with van der Waals surface area (Å²) in [4.78, 5) is 22.6. The van der Waals surface area contributed by atoms with E-state index in [9.17, 15) is 14.9 Å². The van der Waals surface area contributed by atoms with Crippen molar-refractivity contribution in [3.05, 3.63) is 64.0 Å². The van der Waals surface area contributed by atoms with Crippen molar-refractivity contribution in [1.82, 2.24) is 14.8 Å². The number of nitrogens with one attached hydrogen (secondary N) is 1. The number of para-hydroxylation sites is 2. The van der Waals surface area contributed by atoms with E-state index in [1.54, 1.807) is 37.8 Å². The van der Waals surface area contributed by atoms with Gasteiger partial charge in [-0.05, 0) is 30.7 Å². The van der Waals surface area contributed by atoms with Crippen molar-refractivity contribution in [3.8, 4) is 11.5 Å². The molecule has 2 aromatic carbocycles. The third-order valence-electron chi connectivity index (χ3n) is 4.38. The van der Waals surface area contributed by atoms with E-state index < -0.39 is 4.92 Å². The van der Waals surface area contributed by atoms with Gasteiger partial charge in [0.25, 0.3) is 5.69 Å². The number of anilines is 1. The van der Waals surface area contributed by atoms with Gasteiger partial charge in [0.15, 0.2) is 22.5 Å². The number of benzene rings is 2. The van der Waals surface area contributed by atoms with Gasteiger partial charge < -0.3 is 19.4 Å². The highest BCUT2D eigenvalue weighted by molar-refractivity contribution is 7.99. The number of methoxy groups -OCH3 is 1. The summed E-state index contributed by atoms with van der Waals surface area (Å²) < 4.78 is 12.8. The minimum absolute atomic E-state index is 0.0215. The fraction of sp³-hybridized carbons (Fsp3) is 0.250. The number of amides is 1. The third kappa shape index (κ3) is 5.51. The highest BCUT2D eigenvalue weighted by Gasteiger charge is 2.14. The van der Waals surface area contributed by atoms with Gasteiger partial charge in [-0.3, -0.25) is 14.9 Å². The highest BCUT2D eigenvalue weighted by atomic mass is 32.2. The monoisotopic (exact) mass is 443 g/mol. The number of hydrogen-bond acceptors (Lipinski definition) is 8. The van der Waals surface area contributed by atoms with Crippen LogP contribution in [0.5, 0.6) is 11.5 Å². The van der Waals surface area contributed by atoms with Gasteiger partial charge in [-0.25, -0.2) is 0 Å². The molecule has 1 amide bonds. The van der Waals surface area contributed by atoms with E-state index in [1.807, 2.05) is 12.1 Å². The van der Waals surface area contributed by atoms with Crippen molar-refractivity contribution in [2.45, 2.75) is 18.7 Å². The van der Waals surface area contributed by atoms with Crippen LogP contribution in [0.3, 0.4) is 0 Å². The van der Waals surface area contributed by atoms with Crippen LogP contribution < -0.4 is 14.8 Å². The summed E-state index contributed by atoms with van der Waals surface area (Å²) in [5.74, 6) is 1.67. The number of ether oxygens (including phenoxy) is 2. The summed E-state index contributed by atoms with van der Waals surface area (Å²) >= 11 is 1.23. The summed E-state index contributed by atoms with van der Waals surface area (Å²) in [7, 11) is 3.37. The van der Waals surface area contributed by atoms with Crippen LogP contribution in [0.15, 0.2) is 47.6 Å². The first-order chi connectivity index (χ1) is 14.9. The van der Waals surface area contributed by atoms with Gasteiger partial charge in [0.1, 0.15) is 6.61 Å². The van der Waals surface area contributed by atoms with Crippen molar-refractivity contribution >= 4 is 29.0 Å². The molecule has 3 aromatic rings. The van der Waals surface area contributed by atoms with Crippen LogP contribution in [0.25, 0.3) is 0 Å². The minimum Gasteiger partial charge on any atom is -0.493 e. The molecule has 0 spiro atoms. The van der Waals surface area contributed by atoms with Crippen LogP contribution in [0.2, 0.25) is 0 Å². The molecule has 0 bridgehead atoms. The highest BCUT2D eigenvalue weighted by Crippen LogP contribution is 2.27. The van der Waals surface area contributed by atoms with Gasteiger partial charge in [-0.2, -0.15) is 0 Å². The molecule has 31 heavy (non-hydrogen) atoms. The Labute approximate surface area is 182 Å². The number of thioether (sulfide) groups is 1. The van der Waals surface area contributed by atoms with Gasteiger partial charge in [0.2, 0.25) is 5.91 Å². The number of non-ortho nitro benzene ring substituents is 1. The number of carbonyl (C=O) groups is 1. The Balaban J connectivity index is 1.56. The third-order valence-corrected chi connectivity index (χ3v) is 5.40. The SMILES string of the molecule is COc1ccccc1OCc1nnc(SCC(=O)Nc2ccc([N+](=O)[O-])cc2C)n1C. The Kier molecular flexibility index (Phi) is 7.08. The molecule has 0 saturated carbocycles. The van der Waals surface area contributed by atoms with E-state index in [1.165, 1.54) is 30.0 Å². The zero-order valence-electron chi connectivity index (χ0n) is 17.2. The van der Waals surface area contributed by atoms with Gasteiger partial charge in [-0.15, -0.1) is 10.2 Å². The Morgan fingerprint density at radius 2 is 1.97 bits per heavy atom. The van der Waals surface area contributed by atoms with Crippen LogP contribution in [-0.4, -0.2) is 38.5 Å². The van der Waals surface area contributed by atoms with E-state index >= 15 is 0 Å². The molecular formula is C20H21N5O5S. The molecule has 0 saturated heterocycles. The Morgan fingerprint density at radius 1 is 1.23 bits per heavy atom. The fourth-order valence-electron chi connectivity index (χ4n) is 2.69. The minimum atomic E-state index is -0.475. The number of nitro groups is 1. The molecule has 0 unspecified atom stereocenters. The summed E-state index contributed by atoms with van der Waals surface area (Å²) in [6.07, 6.45) is 0. The quantitative estimate of drug-likeness (QED) is 0.304. The van der Waals surface area contributed by atoms with Crippen LogP contribution in [0.1, 0.15) is 11.4 Å². The number of hydrogen-bond donors (Lipinski definition) is 1. The molecule has 1 aromatic heterocycles. The van der Waals surface area contributed by atoms with Crippen LogP contribution >= 0.6 is 11.8 Å². The van der Waals surface area contributed by atoms with E-state index in [-0.39, 0.29) is 24.0 Å². The molecule has 0 aliphatic rings. The molecular weight excluding hydrogens is 422 g/mol. The first kappa shape index (κ1) is 22.1. The van der Waals surface area contributed by atoms with Gasteiger partial charge in [0.05, 0.1) is 17.8 Å². The number of nitrogens with zero attached hydrogens (tertiary/aromatic N) is 4. The predicted octanol–water partition coefficient (Wildman–Crippen LogP) is 3.35. The summed E-state index contributed by atoms with van der Waals surface area (Å²) in [5.41, 5.74) is 1.12. The smallest absolute Gasteiger partial charge is 0.269 e. The Bertz CT molecular complexity index is 1100. The van der Waals surface area contributed by atoms with E-state index in [0.29, 0.717) is 33.7 Å². The summed E-state index contributed by atoms with van der Waals surface area (Å²) in [5, 5.41) is 22.4. The largest absolute Gasteiger partial charge is 0.493 e. The predicted molar refractivity (Wildman–Crippen MR) is 116 cm³/mol. The fourth-order valence-corrected chi connectivity index (χ4v) is 3.42. The van der Waals surface area contributed by atoms with Crippen molar-refractivity contribution < 1.29 is 19.2 Å². The van der Waals surface area contributed by atoms with Gasteiger partial charge >= 0.3 is 0 Å². The van der Waals surface area contributed by atoms with Crippen molar-refractivity contribution in [2.24, 2.45) is 7.05 Å². The zero-order valence-corrected chi connectivity index (χ0v) is 18.0. The van der Waals surface area contributed by atoms with E-state index in [2.05, 4.69) is 15.5 Å². The second-order valence-corrected chi connectivity index (χ2v) is 7.43. The van der Waals surface area contributed by atoms with Crippen LogP contribution in [-0.2, 0) is 18.4 Å². The number of nitro benzene ring substituents is 1. The lowest BCUT2D eigenvalue weighted by Crippen LogP contribution is -2.15. The Morgan fingerprint density at radius 3 is 2.65 bits per heavy atom. The maximum atomic E-state index is 12.3. The standard InChI is InChI=1S/C20H21N5O5S/c1-13-10-14(25(27)28)8-9-15(13)21-19(26)12-31-20-23-22-18(24(20)2)11-30-17-7-5-4-6-16(17)29-3/h4-10H,11-12H2,1-3H3,(H,21,26). The normalized spacial score (nSPS) is 10.5. The maximum Gasteiger partial charge on any atom is 0.269 e. The molecule has 162 valence electrons. The Hall–Kier alpha value is -3.60. The topological polar surface area (TPSA) is 121 Å². The van der Waals surface area contributed by atoms with E-state index in [0.717, 1.165) is 0 Å². The molecule has 0 aliphatic carbocycles. The number of carbonyl (C=O) groups excluding carboxylic acids is 1. The first-order valence-corrected chi connectivity index (χ1v) is 10.2. The number of rotatable bonds is 9. The molecule has 1 heterocycles. The van der Waals surface area contributed by atoms with Gasteiger partial charge in [0, 0.05) is 24.9 Å². The van der Waals surface area contributed by atoms with Crippen molar-refractivity contribution in [1.29, 1.82) is 0 Å². The maximum absolute atomic E-state index is 12.3. The molecule has 1 N–H and O–H groups in total. The number of aryl methyl sites for hydroxylation is 1. The van der Waals surface area contributed by atoms with Crippen molar-refractivity contribution in [3.63, 3.8) is 0 Å². The van der Waals surface area contributed by atoms with Crippen LogP contribution in [0, 0.1) is 17.0 Å². The first-order valence-electron chi connectivity index (χ1n) is 9.20. The molecule has 10 nitrogen and oxygen atoms in total. The molecule has 3 rings (SSSR count). The summed E-state index contributed by atoms with van der Waals surface area (Å²) in [6, 6.07) is 11.6. The lowest BCUT2D eigenvalue weighted by atomic mass is 10.2. The molecule has 11 heteroatoms. The molecule has 0 fully saturated rings. The molecule has 0 atom stereocenters. The summed E-state index contributed by atoms with van der Waals surface area (Å²) in [6.45, 7) is 1.89. The molecule has 0 radical (unpaired) electrons. The lowest BCUT2D eigenvalue weighted by molar-refractivity contribution is -0.384. The lowest BCUT2D eigenvalue weighted by Gasteiger charge is -2.10. The average molecular weight is 443 g/mol. The second-order valence-electron chi connectivity index (χ2n) is 6.49. The van der Waals surface area contributed by atoms with E-state index in [4.69, 9.17) is 9.47 Å². The number of aromatic nitrogens is 3. The van der Waals surface area contributed by atoms with Crippen LogP contribution in [0.4, 0.5) is 11.4 Å². The zero-order chi connectivity index (χ0) is 22.4. The van der Waals surface area contributed by atoms with Gasteiger partial charge in [-0.1, -0.05) is 23.9 Å². The second kappa shape index (κ2) is 9.94. The molecule has 0 aliphatic heterocycles. The average Bonchev–Trinajstić information content (AvgIpc) is 3.11.